The quantitative estimate of drug-likeness (QED) is 0.803. The minimum absolute atomic E-state index is 0.850. The van der Waals surface area contributed by atoms with Gasteiger partial charge in [0.25, 0.3) is 0 Å². The van der Waals surface area contributed by atoms with Gasteiger partial charge in [0.1, 0.15) is 0 Å². The first-order chi connectivity index (χ1) is 9.69. The molecule has 0 aliphatic carbocycles. The summed E-state index contributed by atoms with van der Waals surface area (Å²) >= 11 is 0. The molecule has 0 radical (unpaired) electrons. The van der Waals surface area contributed by atoms with E-state index in [4.69, 9.17) is 5.73 Å². The number of likely N-dealkylation sites (N-methyl/N-ethyl adjacent to an activating group) is 1. The largest absolute Gasteiger partial charge is 0.399 e. The van der Waals surface area contributed by atoms with Crippen LogP contribution in [0.1, 0.15) is 13.3 Å². The van der Waals surface area contributed by atoms with E-state index in [1.54, 1.807) is 0 Å². The van der Waals surface area contributed by atoms with Crippen molar-refractivity contribution in [3.05, 3.63) is 24.3 Å². The molecule has 1 aromatic rings. The second-order valence-electron chi connectivity index (χ2n) is 5.73. The Hall–Kier alpha value is -1.26. The van der Waals surface area contributed by atoms with Gasteiger partial charge in [-0.1, -0.05) is 13.0 Å². The molecule has 2 N–H and O–H groups in total. The highest BCUT2D eigenvalue weighted by Crippen LogP contribution is 2.17. The highest BCUT2D eigenvalue weighted by atomic mass is 15.3. The van der Waals surface area contributed by atoms with Gasteiger partial charge in [0.15, 0.2) is 0 Å². The van der Waals surface area contributed by atoms with Gasteiger partial charge in [-0.3, -0.25) is 4.90 Å². The maximum absolute atomic E-state index is 5.90. The highest BCUT2D eigenvalue weighted by Gasteiger charge is 2.14. The predicted octanol–water partition coefficient (Wildman–Crippen LogP) is 1.73. The SMILES string of the molecule is CCCN(CCN1CCN(C)CC1)c1cccc(N)c1. The van der Waals surface area contributed by atoms with E-state index in [2.05, 4.69) is 40.8 Å². The number of anilines is 2. The number of piperazine rings is 1. The van der Waals surface area contributed by atoms with E-state index in [0.29, 0.717) is 0 Å². The second-order valence-corrected chi connectivity index (χ2v) is 5.73. The minimum atomic E-state index is 0.850. The third-order valence-corrected chi connectivity index (χ3v) is 4.01. The van der Waals surface area contributed by atoms with Crippen molar-refractivity contribution >= 4 is 11.4 Å². The summed E-state index contributed by atoms with van der Waals surface area (Å²) in [5.41, 5.74) is 8.01. The molecule has 0 spiro atoms. The number of nitrogens with zero attached hydrogens (tertiary/aromatic N) is 3. The van der Waals surface area contributed by atoms with Crippen molar-refractivity contribution in [3.63, 3.8) is 0 Å². The molecule has 1 saturated heterocycles. The number of nitrogen functional groups attached to an aromatic ring is 1. The van der Waals surface area contributed by atoms with Gasteiger partial charge in [-0.25, -0.2) is 0 Å². The molecule has 0 amide bonds. The van der Waals surface area contributed by atoms with E-state index in [-0.39, 0.29) is 0 Å². The summed E-state index contributed by atoms with van der Waals surface area (Å²) in [6.45, 7) is 10.3. The average molecular weight is 276 g/mol. The summed E-state index contributed by atoms with van der Waals surface area (Å²) in [5.74, 6) is 0. The molecule has 1 fully saturated rings. The molecule has 112 valence electrons. The van der Waals surface area contributed by atoms with Crippen LogP contribution in [-0.2, 0) is 0 Å². The van der Waals surface area contributed by atoms with Crippen LogP contribution in [0.4, 0.5) is 11.4 Å². The Morgan fingerprint density at radius 3 is 2.55 bits per heavy atom. The van der Waals surface area contributed by atoms with Gasteiger partial charge in [0.05, 0.1) is 0 Å². The van der Waals surface area contributed by atoms with Crippen molar-refractivity contribution in [1.29, 1.82) is 0 Å². The smallest absolute Gasteiger partial charge is 0.0387 e. The lowest BCUT2D eigenvalue weighted by molar-refractivity contribution is 0.157. The van der Waals surface area contributed by atoms with Gasteiger partial charge in [-0.15, -0.1) is 0 Å². The lowest BCUT2D eigenvalue weighted by atomic mass is 10.2. The van der Waals surface area contributed by atoms with Crippen LogP contribution in [0.3, 0.4) is 0 Å². The Morgan fingerprint density at radius 1 is 1.15 bits per heavy atom. The van der Waals surface area contributed by atoms with E-state index < -0.39 is 0 Å². The van der Waals surface area contributed by atoms with Crippen molar-refractivity contribution in [1.82, 2.24) is 9.80 Å². The van der Waals surface area contributed by atoms with E-state index >= 15 is 0 Å². The molecule has 2 rings (SSSR count). The number of nitrogens with two attached hydrogens (primary N) is 1. The summed E-state index contributed by atoms with van der Waals surface area (Å²) in [6, 6.07) is 8.24. The van der Waals surface area contributed by atoms with Gasteiger partial charge in [0.2, 0.25) is 0 Å². The van der Waals surface area contributed by atoms with Crippen LogP contribution in [0.15, 0.2) is 24.3 Å². The summed E-state index contributed by atoms with van der Waals surface area (Å²) in [4.78, 5) is 7.42. The Bertz CT molecular complexity index is 399. The zero-order chi connectivity index (χ0) is 14.4. The minimum Gasteiger partial charge on any atom is -0.399 e. The van der Waals surface area contributed by atoms with E-state index in [9.17, 15) is 0 Å². The normalized spacial score (nSPS) is 17.3. The first-order valence-electron chi connectivity index (χ1n) is 7.70. The molecule has 1 heterocycles. The second kappa shape index (κ2) is 7.50. The van der Waals surface area contributed by atoms with Gasteiger partial charge in [-0.2, -0.15) is 0 Å². The van der Waals surface area contributed by atoms with Crippen LogP contribution in [0.5, 0.6) is 0 Å². The number of hydrogen-bond donors (Lipinski definition) is 1. The van der Waals surface area contributed by atoms with Gasteiger partial charge in [-0.05, 0) is 31.7 Å². The Kier molecular flexibility index (Phi) is 5.68. The van der Waals surface area contributed by atoms with Crippen molar-refractivity contribution < 1.29 is 0 Å². The van der Waals surface area contributed by atoms with Crippen LogP contribution in [0.25, 0.3) is 0 Å². The molecular formula is C16H28N4. The van der Waals surface area contributed by atoms with E-state index in [0.717, 1.165) is 31.7 Å². The van der Waals surface area contributed by atoms with Crippen molar-refractivity contribution in [3.8, 4) is 0 Å². The van der Waals surface area contributed by atoms with Crippen LogP contribution in [0, 0.1) is 0 Å². The molecule has 1 aliphatic rings. The number of hydrogen-bond acceptors (Lipinski definition) is 4. The third-order valence-electron chi connectivity index (χ3n) is 4.01. The summed E-state index contributed by atoms with van der Waals surface area (Å²) in [7, 11) is 2.20. The fourth-order valence-electron chi connectivity index (χ4n) is 2.70. The maximum Gasteiger partial charge on any atom is 0.0387 e. The number of rotatable bonds is 6. The molecule has 4 nitrogen and oxygen atoms in total. The van der Waals surface area contributed by atoms with Crippen LogP contribution in [0.2, 0.25) is 0 Å². The molecule has 0 atom stereocenters. The lowest BCUT2D eigenvalue weighted by Crippen LogP contribution is -2.47. The third kappa shape index (κ3) is 4.39. The maximum atomic E-state index is 5.90. The van der Waals surface area contributed by atoms with Crippen LogP contribution >= 0.6 is 0 Å². The molecule has 20 heavy (non-hydrogen) atoms. The van der Waals surface area contributed by atoms with Crippen molar-refractivity contribution in [2.75, 3.05) is 63.5 Å². The molecule has 4 heteroatoms. The molecule has 0 aromatic heterocycles. The Morgan fingerprint density at radius 2 is 1.90 bits per heavy atom. The van der Waals surface area contributed by atoms with E-state index in [1.807, 2.05) is 12.1 Å². The van der Waals surface area contributed by atoms with Crippen molar-refractivity contribution in [2.45, 2.75) is 13.3 Å². The van der Waals surface area contributed by atoms with Crippen LogP contribution in [-0.4, -0.2) is 62.7 Å². The lowest BCUT2D eigenvalue weighted by Gasteiger charge is -2.34. The van der Waals surface area contributed by atoms with Crippen molar-refractivity contribution in [2.24, 2.45) is 0 Å². The zero-order valence-corrected chi connectivity index (χ0v) is 12.9. The standard InChI is InChI=1S/C16H28N4/c1-3-7-20(16-6-4-5-15(17)14-16)13-12-19-10-8-18(2)9-11-19/h4-6,14H,3,7-13,17H2,1-2H3. The Labute approximate surface area is 123 Å². The molecule has 1 aromatic carbocycles. The fourth-order valence-corrected chi connectivity index (χ4v) is 2.70. The summed E-state index contributed by atoms with van der Waals surface area (Å²) < 4.78 is 0. The molecule has 0 unspecified atom stereocenters. The van der Waals surface area contributed by atoms with Gasteiger partial charge in [0, 0.05) is 57.2 Å². The number of benzene rings is 1. The Balaban J connectivity index is 1.89. The average Bonchev–Trinajstić information content (AvgIpc) is 2.45. The molecule has 0 bridgehead atoms. The fraction of sp³-hybridized carbons (Fsp3) is 0.625. The monoisotopic (exact) mass is 276 g/mol. The van der Waals surface area contributed by atoms with Gasteiger partial charge >= 0.3 is 0 Å². The van der Waals surface area contributed by atoms with E-state index in [1.165, 1.54) is 31.9 Å². The highest BCUT2D eigenvalue weighted by molar-refractivity contribution is 5.55. The molecular weight excluding hydrogens is 248 g/mol. The molecule has 0 saturated carbocycles. The zero-order valence-electron chi connectivity index (χ0n) is 12.9. The summed E-state index contributed by atoms with van der Waals surface area (Å²) in [5, 5.41) is 0. The van der Waals surface area contributed by atoms with Crippen LogP contribution < -0.4 is 10.6 Å². The predicted molar refractivity (Wildman–Crippen MR) is 87.3 cm³/mol. The first kappa shape index (κ1) is 15.1. The first-order valence-corrected chi connectivity index (χ1v) is 7.70. The molecule has 1 aliphatic heterocycles. The van der Waals surface area contributed by atoms with Gasteiger partial charge < -0.3 is 15.5 Å². The summed E-state index contributed by atoms with van der Waals surface area (Å²) in [6.07, 6.45) is 1.16. The topological polar surface area (TPSA) is 35.7 Å².